The van der Waals surface area contributed by atoms with Crippen molar-refractivity contribution in [3.8, 4) is 0 Å². The Kier molecular flexibility index (Phi) is 4.41. The predicted octanol–water partition coefficient (Wildman–Crippen LogP) is 4.29. The molecule has 4 nitrogen and oxygen atoms in total. The predicted molar refractivity (Wildman–Crippen MR) is 106 cm³/mol. The summed E-state index contributed by atoms with van der Waals surface area (Å²) in [5, 5.41) is 1.16. The van der Waals surface area contributed by atoms with Gasteiger partial charge in [0.05, 0.1) is 12.2 Å². The van der Waals surface area contributed by atoms with Crippen LogP contribution in [0.3, 0.4) is 0 Å². The molecule has 2 aromatic rings. The van der Waals surface area contributed by atoms with E-state index < -0.39 is 4.87 Å². The number of carbonyl (C=O) groups is 2. The lowest BCUT2D eigenvalue weighted by atomic mass is 10.1. The molecule has 4 rings (SSSR count). The number of nitrogens with zero attached hydrogens (tertiary/aromatic N) is 2. The van der Waals surface area contributed by atoms with Crippen molar-refractivity contribution in [2.75, 3.05) is 17.2 Å². The Balaban J connectivity index is 1.85. The van der Waals surface area contributed by atoms with E-state index in [9.17, 15) is 9.59 Å². The summed E-state index contributed by atoms with van der Waals surface area (Å²) in [6.45, 7) is 2.39. The number of hydrogen-bond acceptors (Lipinski definition) is 3. The highest BCUT2D eigenvalue weighted by molar-refractivity contribution is 8.01. The highest BCUT2D eigenvalue weighted by Crippen LogP contribution is 2.55. The molecule has 0 bridgehead atoms. The molecule has 2 heterocycles. The maximum absolute atomic E-state index is 13.6. The van der Waals surface area contributed by atoms with Crippen molar-refractivity contribution in [1.29, 1.82) is 0 Å². The Morgan fingerprint density at radius 2 is 2.00 bits per heavy atom. The first-order valence-corrected chi connectivity index (χ1v) is 9.97. The topological polar surface area (TPSA) is 40.6 Å². The summed E-state index contributed by atoms with van der Waals surface area (Å²) < 4.78 is 0. The molecule has 1 saturated heterocycles. The molecule has 1 spiro atoms. The third-order valence-corrected chi connectivity index (χ3v) is 6.85. The molecule has 0 aliphatic carbocycles. The zero-order chi connectivity index (χ0) is 18.5. The van der Waals surface area contributed by atoms with Gasteiger partial charge in [-0.25, -0.2) is 0 Å². The number of thioether (sulfide) groups is 1. The maximum Gasteiger partial charge on any atom is 0.268 e. The second-order valence-corrected chi connectivity index (χ2v) is 8.44. The lowest BCUT2D eigenvalue weighted by molar-refractivity contribution is -0.138. The van der Waals surface area contributed by atoms with Gasteiger partial charge in [0.15, 0.2) is 4.87 Å². The van der Waals surface area contributed by atoms with Gasteiger partial charge in [0, 0.05) is 34.8 Å². The third kappa shape index (κ3) is 2.53. The van der Waals surface area contributed by atoms with Crippen molar-refractivity contribution >= 4 is 52.5 Å². The van der Waals surface area contributed by atoms with E-state index in [2.05, 4.69) is 0 Å². The molecule has 0 aromatic heterocycles. The van der Waals surface area contributed by atoms with Gasteiger partial charge in [-0.2, -0.15) is 0 Å². The summed E-state index contributed by atoms with van der Waals surface area (Å²) >= 11 is 14.0. The number of amides is 2. The lowest BCUT2D eigenvalue weighted by Gasteiger charge is -2.32. The molecule has 7 heteroatoms. The van der Waals surface area contributed by atoms with E-state index in [1.54, 1.807) is 21.9 Å². The van der Waals surface area contributed by atoms with E-state index in [-0.39, 0.29) is 11.8 Å². The summed E-state index contributed by atoms with van der Waals surface area (Å²) in [6, 6.07) is 12.9. The molecular weight excluding hydrogens is 391 g/mol. The van der Waals surface area contributed by atoms with Gasteiger partial charge in [-0.15, -0.1) is 11.8 Å². The van der Waals surface area contributed by atoms with Gasteiger partial charge in [-0.1, -0.05) is 41.4 Å². The highest BCUT2D eigenvalue weighted by Gasteiger charge is 2.58. The van der Waals surface area contributed by atoms with E-state index in [0.717, 1.165) is 16.8 Å². The van der Waals surface area contributed by atoms with Crippen LogP contribution in [-0.4, -0.2) is 29.0 Å². The average molecular weight is 407 g/mol. The largest absolute Gasteiger partial charge is 0.315 e. The number of fused-ring (bicyclic) bond motifs is 2. The SMILES string of the molecule is CC(=O)N1CCSC12C(=O)N(Cc1ccccc1Cl)c1ccc(Cl)cc12. The summed E-state index contributed by atoms with van der Waals surface area (Å²) in [6.07, 6.45) is 0. The molecule has 2 amide bonds. The van der Waals surface area contributed by atoms with E-state index in [1.807, 2.05) is 30.3 Å². The minimum atomic E-state index is -1.03. The minimum absolute atomic E-state index is 0.117. The molecule has 1 atom stereocenters. The molecule has 2 aliphatic heterocycles. The normalized spacial score (nSPS) is 21.6. The smallest absolute Gasteiger partial charge is 0.268 e. The minimum Gasteiger partial charge on any atom is -0.315 e. The first-order valence-electron chi connectivity index (χ1n) is 8.22. The first-order chi connectivity index (χ1) is 12.4. The van der Waals surface area contributed by atoms with Crippen molar-refractivity contribution in [1.82, 2.24) is 4.90 Å². The highest BCUT2D eigenvalue weighted by atomic mass is 35.5. The number of halogens is 2. The molecule has 0 N–H and O–H groups in total. The first kappa shape index (κ1) is 17.7. The fourth-order valence-electron chi connectivity index (χ4n) is 3.68. The van der Waals surface area contributed by atoms with Crippen LogP contribution in [0.2, 0.25) is 10.0 Å². The van der Waals surface area contributed by atoms with Gasteiger partial charge in [-0.05, 0) is 29.8 Å². The Morgan fingerprint density at radius 3 is 2.73 bits per heavy atom. The van der Waals surface area contributed by atoms with Crippen LogP contribution in [0.25, 0.3) is 0 Å². The van der Waals surface area contributed by atoms with Crippen molar-refractivity contribution < 1.29 is 9.59 Å². The van der Waals surface area contributed by atoms with E-state index >= 15 is 0 Å². The summed E-state index contributed by atoms with van der Waals surface area (Å²) in [4.78, 5) is 28.1. The summed E-state index contributed by atoms with van der Waals surface area (Å²) in [5.41, 5.74) is 2.41. The molecule has 1 fully saturated rings. The van der Waals surface area contributed by atoms with Gasteiger partial charge >= 0.3 is 0 Å². The Hall–Kier alpha value is -1.69. The van der Waals surface area contributed by atoms with Crippen LogP contribution in [0.15, 0.2) is 42.5 Å². The maximum atomic E-state index is 13.6. The van der Waals surface area contributed by atoms with Crippen molar-refractivity contribution in [2.45, 2.75) is 18.3 Å². The fraction of sp³-hybridized carbons (Fsp3) is 0.263. The summed E-state index contributed by atoms with van der Waals surface area (Å²) in [5.74, 6) is 0.471. The van der Waals surface area contributed by atoms with Gasteiger partial charge in [0.2, 0.25) is 5.91 Å². The molecule has 0 radical (unpaired) electrons. The summed E-state index contributed by atoms with van der Waals surface area (Å²) in [7, 11) is 0. The molecule has 26 heavy (non-hydrogen) atoms. The molecule has 0 saturated carbocycles. The van der Waals surface area contributed by atoms with Crippen LogP contribution in [0.4, 0.5) is 5.69 Å². The number of anilines is 1. The molecular formula is C19H16Cl2N2O2S. The van der Waals surface area contributed by atoms with Crippen LogP contribution in [0.1, 0.15) is 18.1 Å². The number of hydrogen-bond donors (Lipinski definition) is 0. The second kappa shape index (κ2) is 6.48. The quantitative estimate of drug-likeness (QED) is 0.746. The average Bonchev–Trinajstić information content (AvgIpc) is 3.15. The van der Waals surface area contributed by atoms with Crippen LogP contribution in [-0.2, 0) is 21.0 Å². The van der Waals surface area contributed by atoms with Crippen LogP contribution < -0.4 is 4.90 Å². The van der Waals surface area contributed by atoms with Gasteiger partial charge in [-0.3, -0.25) is 9.59 Å². The van der Waals surface area contributed by atoms with Crippen LogP contribution in [0.5, 0.6) is 0 Å². The van der Waals surface area contributed by atoms with Gasteiger partial charge in [0.1, 0.15) is 0 Å². The Bertz CT molecular complexity index is 920. The molecule has 134 valence electrons. The molecule has 2 aliphatic rings. The number of carbonyl (C=O) groups excluding carboxylic acids is 2. The van der Waals surface area contributed by atoms with Crippen molar-refractivity contribution in [2.24, 2.45) is 0 Å². The van der Waals surface area contributed by atoms with Gasteiger partial charge < -0.3 is 9.80 Å². The van der Waals surface area contributed by atoms with Crippen LogP contribution in [0, 0.1) is 0 Å². The third-order valence-electron chi connectivity index (χ3n) is 4.82. The zero-order valence-electron chi connectivity index (χ0n) is 14.0. The van der Waals surface area contributed by atoms with Crippen LogP contribution >= 0.6 is 35.0 Å². The standard InChI is InChI=1S/C19H16Cl2N2O2S/c1-12(24)23-8-9-26-19(23)15-10-14(20)6-7-17(15)22(18(19)25)11-13-4-2-3-5-16(13)21/h2-7,10H,8-9,11H2,1H3. The van der Waals surface area contributed by atoms with Crippen molar-refractivity contribution in [3.63, 3.8) is 0 Å². The zero-order valence-corrected chi connectivity index (χ0v) is 16.4. The van der Waals surface area contributed by atoms with E-state index in [4.69, 9.17) is 23.2 Å². The van der Waals surface area contributed by atoms with E-state index in [1.165, 1.54) is 18.7 Å². The second-order valence-electron chi connectivity index (χ2n) is 6.31. The Labute approximate surface area is 166 Å². The number of benzene rings is 2. The molecule has 1 unspecified atom stereocenters. The lowest BCUT2D eigenvalue weighted by Crippen LogP contribution is -2.49. The monoisotopic (exact) mass is 406 g/mol. The van der Waals surface area contributed by atoms with Crippen molar-refractivity contribution in [3.05, 3.63) is 63.6 Å². The van der Waals surface area contributed by atoms with Gasteiger partial charge in [0.25, 0.3) is 5.91 Å². The number of rotatable bonds is 2. The van der Waals surface area contributed by atoms with E-state index in [0.29, 0.717) is 28.9 Å². The Morgan fingerprint density at radius 1 is 1.23 bits per heavy atom. The fourth-order valence-corrected chi connectivity index (χ4v) is 5.54. The molecule has 2 aromatic carbocycles.